The van der Waals surface area contributed by atoms with Crippen molar-refractivity contribution in [2.75, 3.05) is 13.1 Å². The molecule has 3 nitrogen and oxygen atoms in total. The van der Waals surface area contributed by atoms with Gasteiger partial charge in [0, 0.05) is 6.04 Å². The van der Waals surface area contributed by atoms with Gasteiger partial charge in [0.2, 0.25) is 0 Å². The number of hydrogen-bond acceptors (Lipinski definition) is 3. The number of rotatable bonds is 6. The van der Waals surface area contributed by atoms with Crippen LogP contribution in [0.2, 0.25) is 0 Å². The molecule has 0 spiro atoms. The van der Waals surface area contributed by atoms with Crippen LogP contribution in [-0.2, 0) is 4.74 Å². The third-order valence-electron chi connectivity index (χ3n) is 4.18. The van der Waals surface area contributed by atoms with Gasteiger partial charge < -0.3 is 9.64 Å². The van der Waals surface area contributed by atoms with Crippen molar-refractivity contribution < 1.29 is 9.53 Å². The van der Waals surface area contributed by atoms with Crippen LogP contribution in [0.1, 0.15) is 56.3 Å². The standard InChI is InChI=1S/C18H27NO2/c1-3-12-19-13-8-7-11-17(19)14-15(2)21-18(20)16-9-5-4-6-10-16/h4-6,9-10,15,17H,3,7-8,11-14H2,1-2H3/t15-,17+/m1/s1. The fourth-order valence-electron chi connectivity index (χ4n) is 3.16. The maximum absolute atomic E-state index is 12.1. The van der Waals surface area contributed by atoms with Gasteiger partial charge in [-0.15, -0.1) is 0 Å². The first kappa shape index (κ1) is 16.0. The summed E-state index contributed by atoms with van der Waals surface area (Å²) in [4.78, 5) is 14.6. The Morgan fingerprint density at radius 2 is 2.10 bits per heavy atom. The molecule has 116 valence electrons. The van der Waals surface area contributed by atoms with Crippen LogP contribution in [0.5, 0.6) is 0 Å². The molecule has 1 saturated heterocycles. The number of nitrogens with zero attached hydrogens (tertiary/aromatic N) is 1. The molecule has 1 heterocycles. The molecule has 3 heteroatoms. The molecule has 1 aromatic rings. The number of benzene rings is 1. The van der Waals surface area contributed by atoms with Crippen LogP contribution in [0.4, 0.5) is 0 Å². The van der Waals surface area contributed by atoms with Gasteiger partial charge in [0.1, 0.15) is 6.10 Å². The second-order valence-corrected chi connectivity index (χ2v) is 6.00. The Hall–Kier alpha value is -1.35. The maximum atomic E-state index is 12.1. The number of ether oxygens (including phenoxy) is 1. The van der Waals surface area contributed by atoms with Crippen molar-refractivity contribution >= 4 is 5.97 Å². The highest BCUT2D eigenvalue weighted by Gasteiger charge is 2.24. The van der Waals surface area contributed by atoms with E-state index in [2.05, 4.69) is 11.8 Å². The summed E-state index contributed by atoms with van der Waals surface area (Å²) >= 11 is 0. The Bertz CT molecular complexity index is 430. The lowest BCUT2D eigenvalue weighted by Gasteiger charge is -2.36. The van der Waals surface area contributed by atoms with Crippen LogP contribution in [-0.4, -0.2) is 36.1 Å². The van der Waals surface area contributed by atoms with E-state index in [4.69, 9.17) is 4.74 Å². The van der Waals surface area contributed by atoms with Gasteiger partial charge in [-0.1, -0.05) is 31.5 Å². The van der Waals surface area contributed by atoms with Gasteiger partial charge in [0.05, 0.1) is 5.56 Å². The van der Waals surface area contributed by atoms with Crippen molar-refractivity contribution in [3.63, 3.8) is 0 Å². The van der Waals surface area contributed by atoms with Crippen molar-refractivity contribution in [1.82, 2.24) is 4.90 Å². The lowest BCUT2D eigenvalue weighted by Crippen LogP contribution is -2.42. The van der Waals surface area contributed by atoms with Crippen molar-refractivity contribution in [2.24, 2.45) is 0 Å². The average Bonchev–Trinajstić information content (AvgIpc) is 2.50. The summed E-state index contributed by atoms with van der Waals surface area (Å²) in [7, 11) is 0. The topological polar surface area (TPSA) is 29.5 Å². The number of carbonyl (C=O) groups is 1. The first-order chi connectivity index (χ1) is 10.2. The zero-order chi connectivity index (χ0) is 15.1. The van der Waals surface area contributed by atoms with E-state index in [1.807, 2.05) is 25.1 Å². The second-order valence-electron chi connectivity index (χ2n) is 6.00. The molecule has 1 aliphatic heterocycles. The first-order valence-electron chi connectivity index (χ1n) is 8.20. The Labute approximate surface area is 128 Å². The minimum atomic E-state index is -0.207. The molecule has 2 rings (SSSR count). The van der Waals surface area contributed by atoms with Gasteiger partial charge >= 0.3 is 5.97 Å². The minimum absolute atomic E-state index is 0.0276. The number of carbonyl (C=O) groups excluding carboxylic acids is 1. The summed E-state index contributed by atoms with van der Waals surface area (Å²) < 4.78 is 5.60. The molecule has 0 saturated carbocycles. The van der Waals surface area contributed by atoms with E-state index in [9.17, 15) is 4.79 Å². The number of hydrogen-bond donors (Lipinski definition) is 0. The summed E-state index contributed by atoms with van der Waals surface area (Å²) in [5.74, 6) is -0.207. The Morgan fingerprint density at radius 1 is 1.33 bits per heavy atom. The summed E-state index contributed by atoms with van der Waals surface area (Å²) in [6, 6.07) is 9.82. The highest BCUT2D eigenvalue weighted by Crippen LogP contribution is 2.22. The molecule has 0 aromatic heterocycles. The van der Waals surface area contributed by atoms with E-state index >= 15 is 0 Å². The van der Waals surface area contributed by atoms with Crippen molar-refractivity contribution in [3.05, 3.63) is 35.9 Å². The van der Waals surface area contributed by atoms with E-state index in [0.29, 0.717) is 11.6 Å². The minimum Gasteiger partial charge on any atom is -0.459 e. The lowest BCUT2D eigenvalue weighted by molar-refractivity contribution is 0.0210. The summed E-state index contributed by atoms with van der Waals surface area (Å²) in [5.41, 5.74) is 0.637. The van der Waals surface area contributed by atoms with Crippen LogP contribution in [0.25, 0.3) is 0 Å². The van der Waals surface area contributed by atoms with Gasteiger partial charge in [0.15, 0.2) is 0 Å². The largest absolute Gasteiger partial charge is 0.459 e. The molecule has 0 radical (unpaired) electrons. The zero-order valence-electron chi connectivity index (χ0n) is 13.3. The number of piperidine rings is 1. The summed E-state index contributed by atoms with van der Waals surface area (Å²) in [5, 5.41) is 0. The number of esters is 1. The SMILES string of the molecule is CCCN1CCCC[C@H]1C[C@@H](C)OC(=O)c1ccccc1. The van der Waals surface area contributed by atoms with E-state index < -0.39 is 0 Å². The normalized spacial score (nSPS) is 21.0. The van der Waals surface area contributed by atoms with Crippen LogP contribution in [0.15, 0.2) is 30.3 Å². The number of likely N-dealkylation sites (tertiary alicyclic amines) is 1. The second kappa shape index (κ2) is 8.18. The molecule has 1 aromatic carbocycles. The Morgan fingerprint density at radius 3 is 2.81 bits per heavy atom. The Kier molecular flexibility index (Phi) is 6.24. The van der Waals surface area contributed by atoms with Gasteiger partial charge in [-0.25, -0.2) is 4.79 Å². The Balaban J connectivity index is 1.85. The van der Waals surface area contributed by atoms with Crippen molar-refractivity contribution in [3.8, 4) is 0 Å². The summed E-state index contributed by atoms with van der Waals surface area (Å²) in [6.45, 7) is 6.59. The highest BCUT2D eigenvalue weighted by atomic mass is 16.5. The van der Waals surface area contributed by atoms with Gasteiger partial charge in [0.25, 0.3) is 0 Å². The van der Waals surface area contributed by atoms with E-state index in [1.54, 1.807) is 12.1 Å². The molecule has 0 bridgehead atoms. The third-order valence-corrected chi connectivity index (χ3v) is 4.18. The molecule has 0 N–H and O–H groups in total. The molecular formula is C18H27NO2. The molecule has 1 fully saturated rings. The average molecular weight is 289 g/mol. The predicted molar refractivity (Wildman–Crippen MR) is 85.4 cm³/mol. The highest BCUT2D eigenvalue weighted by molar-refractivity contribution is 5.89. The monoisotopic (exact) mass is 289 g/mol. The van der Waals surface area contributed by atoms with E-state index in [1.165, 1.54) is 32.2 Å². The zero-order valence-corrected chi connectivity index (χ0v) is 13.3. The van der Waals surface area contributed by atoms with Gasteiger partial charge in [-0.3, -0.25) is 0 Å². The molecular weight excluding hydrogens is 262 g/mol. The van der Waals surface area contributed by atoms with Gasteiger partial charge in [-0.05, 0) is 57.8 Å². The fourth-order valence-corrected chi connectivity index (χ4v) is 3.16. The smallest absolute Gasteiger partial charge is 0.338 e. The van der Waals surface area contributed by atoms with Crippen molar-refractivity contribution in [1.29, 1.82) is 0 Å². The lowest BCUT2D eigenvalue weighted by atomic mass is 9.97. The van der Waals surface area contributed by atoms with Crippen LogP contribution >= 0.6 is 0 Å². The predicted octanol–water partition coefficient (Wildman–Crippen LogP) is 3.89. The summed E-state index contributed by atoms with van der Waals surface area (Å²) in [6.07, 6.45) is 5.93. The van der Waals surface area contributed by atoms with Crippen molar-refractivity contribution in [2.45, 2.75) is 58.1 Å². The van der Waals surface area contributed by atoms with E-state index in [0.717, 1.165) is 13.0 Å². The van der Waals surface area contributed by atoms with E-state index in [-0.39, 0.29) is 12.1 Å². The van der Waals surface area contributed by atoms with Crippen LogP contribution in [0.3, 0.4) is 0 Å². The first-order valence-corrected chi connectivity index (χ1v) is 8.20. The fraction of sp³-hybridized carbons (Fsp3) is 0.611. The molecule has 1 aliphatic rings. The van der Waals surface area contributed by atoms with Crippen LogP contribution in [0, 0.1) is 0 Å². The maximum Gasteiger partial charge on any atom is 0.338 e. The molecule has 0 amide bonds. The van der Waals surface area contributed by atoms with Gasteiger partial charge in [-0.2, -0.15) is 0 Å². The molecule has 0 unspecified atom stereocenters. The van der Waals surface area contributed by atoms with Crippen LogP contribution < -0.4 is 0 Å². The third kappa shape index (κ3) is 4.85. The molecule has 21 heavy (non-hydrogen) atoms. The quantitative estimate of drug-likeness (QED) is 0.744. The molecule has 2 atom stereocenters. The molecule has 0 aliphatic carbocycles.